The van der Waals surface area contributed by atoms with Crippen molar-refractivity contribution in [2.45, 2.75) is 51.7 Å². The van der Waals surface area contributed by atoms with Crippen LogP contribution in [0.5, 0.6) is 5.88 Å². The summed E-state index contributed by atoms with van der Waals surface area (Å²) in [7, 11) is 1.98. The average Bonchev–Trinajstić information content (AvgIpc) is 2.69. The number of oxime groups is 1. The van der Waals surface area contributed by atoms with Gasteiger partial charge in [-0.2, -0.15) is 0 Å². The molecule has 1 aliphatic carbocycles. The number of rotatable bonds is 5. The fraction of sp³-hybridized carbons (Fsp3) is 0.450. The summed E-state index contributed by atoms with van der Waals surface area (Å²) in [5.41, 5.74) is 2.37. The van der Waals surface area contributed by atoms with Crippen LogP contribution in [0.1, 0.15) is 49.1 Å². The Kier molecular flexibility index (Phi) is 6.04. The number of ether oxygens (including phenoxy) is 1. The number of pyridine rings is 2. The lowest BCUT2D eigenvalue weighted by molar-refractivity contribution is 0.253. The van der Waals surface area contributed by atoms with Crippen molar-refractivity contribution in [2.75, 3.05) is 7.05 Å². The Bertz CT molecular complexity index is 743. The van der Waals surface area contributed by atoms with E-state index in [1.807, 2.05) is 44.3 Å². The minimum Gasteiger partial charge on any atom is -0.471 e. The van der Waals surface area contributed by atoms with Crippen LogP contribution >= 0.6 is 0 Å². The van der Waals surface area contributed by atoms with Crippen molar-refractivity contribution in [3.05, 3.63) is 53.5 Å². The van der Waals surface area contributed by atoms with Crippen molar-refractivity contribution in [3.8, 4) is 5.88 Å². The summed E-state index contributed by atoms with van der Waals surface area (Å²) >= 11 is 0. The van der Waals surface area contributed by atoms with Crippen molar-refractivity contribution >= 4 is 5.84 Å². The van der Waals surface area contributed by atoms with Crippen LogP contribution < -0.4 is 4.74 Å². The van der Waals surface area contributed by atoms with Gasteiger partial charge in [-0.25, -0.2) is 4.98 Å². The molecule has 0 spiro atoms. The van der Waals surface area contributed by atoms with Gasteiger partial charge in [0.2, 0.25) is 5.88 Å². The van der Waals surface area contributed by atoms with E-state index in [4.69, 9.17) is 4.74 Å². The third kappa shape index (κ3) is 4.31. The molecule has 26 heavy (non-hydrogen) atoms. The molecule has 0 radical (unpaired) electrons. The molecule has 0 saturated heterocycles. The third-order valence-electron chi connectivity index (χ3n) is 4.87. The predicted octanol–water partition coefficient (Wildman–Crippen LogP) is 3.76. The maximum absolute atomic E-state index is 9.71. The summed E-state index contributed by atoms with van der Waals surface area (Å²) in [5, 5.41) is 13.3. The zero-order valence-electron chi connectivity index (χ0n) is 15.4. The summed E-state index contributed by atoms with van der Waals surface area (Å²) in [6, 6.07) is 9.89. The second-order valence-electron chi connectivity index (χ2n) is 6.74. The maximum atomic E-state index is 9.71. The number of hydrogen-bond acceptors (Lipinski definition) is 5. The maximum Gasteiger partial charge on any atom is 0.225 e. The van der Waals surface area contributed by atoms with Gasteiger partial charge in [0.15, 0.2) is 5.84 Å². The van der Waals surface area contributed by atoms with Gasteiger partial charge >= 0.3 is 0 Å². The summed E-state index contributed by atoms with van der Waals surface area (Å²) in [6.07, 6.45) is 7.66. The van der Waals surface area contributed by atoms with Gasteiger partial charge in [-0.15, -0.1) is 0 Å². The number of nitrogens with zero attached hydrogens (tertiary/aromatic N) is 4. The lowest BCUT2D eigenvalue weighted by atomic mass is 9.94. The predicted molar refractivity (Wildman–Crippen MR) is 101 cm³/mol. The Morgan fingerprint density at radius 1 is 1.23 bits per heavy atom. The van der Waals surface area contributed by atoms with Crippen molar-refractivity contribution in [1.82, 2.24) is 14.9 Å². The highest BCUT2D eigenvalue weighted by molar-refractivity contribution is 6.00. The van der Waals surface area contributed by atoms with E-state index in [0.717, 1.165) is 24.2 Å². The van der Waals surface area contributed by atoms with E-state index in [2.05, 4.69) is 20.0 Å². The van der Waals surface area contributed by atoms with Crippen LogP contribution in [0.3, 0.4) is 0 Å². The van der Waals surface area contributed by atoms with Gasteiger partial charge in [-0.05, 0) is 44.0 Å². The van der Waals surface area contributed by atoms with Crippen molar-refractivity contribution in [1.29, 1.82) is 0 Å². The Balaban J connectivity index is 1.83. The SMILES string of the molecule is Cc1ccc(/C(=N/O)N(C)C2CCCCC2)c(OCc2ccccn2)n1. The molecule has 1 saturated carbocycles. The minimum absolute atomic E-state index is 0.316. The Labute approximate surface area is 154 Å². The molecule has 0 unspecified atom stereocenters. The molecule has 0 aliphatic heterocycles. The first-order valence-electron chi connectivity index (χ1n) is 9.14. The molecule has 0 atom stereocenters. The lowest BCUT2D eigenvalue weighted by Crippen LogP contribution is -2.39. The Morgan fingerprint density at radius 3 is 2.73 bits per heavy atom. The third-order valence-corrected chi connectivity index (χ3v) is 4.87. The molecule has 1 N–H and O–H groups in total. The van der Waals surface area contributed by atoms with Crippen LogP contribution in [0.25, 0.3) is 0 Å². The standard InChI is InChI=1S/C20H26N4O2/c1-15-11-12-18(19(23-25)24(2)17-9-4-3-5-10-17)20(22-15)26-14-16-8-6-7-13-21-16/h6-8,11-13,17,25H,3-5,9-10,14H2,1-2H3/b23-19-. The van der Waals surface area contributed by atoms with Crippen LogP contribution in [0.4, 0.5) is 0 Å². The van der Waals surface area contributed by atoms with E-state index in [-0.39, 0.29) is 0 Å². The van der Waals surface area contributed by atoms with Gasteiger partial charge in [-0.1, -0.05) is 30.5 Å². The smallest absolute Gasteiger partial charge is 0.225 e. The van der Waals surface area contributed by atoms with E-state index >= 15 is 0 Å². The molecular weight excluding hydrogens is 328 g/mol. The van der Waals surface area contributed by atoms with E-state index < -0.39 is 0 Å². The monoisotopic (exact) mass is 354 g/mol. The average molecular weight is 354 g/mol. The minimum atomic E-state index is 0.316. The molecule has 2 aromatic rings. The van der Waals surface area contributed by atoms with Gasteiger partial charge in [-0.3, -0.25) is 4.98 Å². The molecule has 6 heteroatoms. The molecule has 2 aromatic heterocycles. The summed E-state index contributed by atoms with van der Waals surface area (Å²) in [5.74, 6) is 0.964. The van der Waals surface area contributed by atoms with Crippen LogP contribution in [-0.4, -0.2) is 39.0 Å². The van der Waals surface area contributed by atoms with E-state index in [1.54, 1.807) is 6.20 Å². The molecule has 2 heterocycles. The second-order valence-corrected chi connectivity index (χ2v) is 6.74. The van der Waals surface area contributed by atoms with Gasteiger partial charge in [0, 0.05) is 25.0 Å². The zero-order valence-corrected chi connectivity index (χ0v) is 15.4. The summed E-state index contributed by atoms with van der Waals surface area (Å²) in [4.78, 5) is 10.8. The van der Waals surface area contributed by atoms with Crippen LogP contribution in [0, 0.1) is 6.92 Å². The molecule has 0 aromatic carbocycles. The topological polar surface area (TPSA) is 70.8 Å². The van der Waals surface area contributed by atoms with Crippen molar-refractivity contribution < 1.29 is 9.94 Å². The molecule has 6 nitrogen and oxygen atoms in total. The van der Waals surface area contributed by atoms with Gasteiger partial charge in [0.25, 0.3) is 0 Å². The summed E-state index contributed by atoms with van der Waals surface area (Å²) < 4.78 is 5.93. The molecule has 0 bridgehead atoms. The highest BCUT2D eigenvalue weighted by atomic mass is 16.5. The zero-order chi connectivity index (χ0) is 18.4. The first-order valence-corrected chi connectivity index (χ1v) is 9.14. The highest BCUT2D eigenvalue weighted by Gasteiger charge is 2.25. The molecule has 138 valence electrons. The van der Waals surface area contributed by atoms with Crippen LogP contribution in [0.15, 0.2) is 41.7 Å². The van der Waals surface area contributed by atoms with E-state index in [1.165, 1.54) is 19.3 Å². The quantitative estimate of drug-likeness (QED) is 0.383. The van der Waals surface area contributed by atoms with Gasteiger partial charge in [0.1, 0.15) is 6.61 Å². The number of aryl methyl sites for hydroxylation is 1. The number of hydrogen-bond donors (Lipinski definition) is 1. The van der Waals surface area contributed by atoms with E-state index in [0.29, 0.717) is 29.9 Å². The van der Waals surface area contributed by atoms with E-state index in [9.17, 15) is 5.21 Å². The molecule has 3 rings (SSSR count). The highest BCUT2D eigenvalue weighted by Crippen LogP contribution is 2.26. The molecule has 1 aliphatic rings. The summed E-state index contributed by atoms with van der Waals surface area (Å²) in [6.45, 7) is 2.23. The molecule has 0 amide bonds. The fourth-order valence-electron chi connectivity index (χ4n) is 3.39. The molecular formula is C20H26N4O2. The Morgan fingerprint density at radius 2 is 2.04 bits per heavy atom. The molecule has 1 fully saturated rings. The first-order chi connectivity index (χ1) is 12.7. The van der Waals surface area contributed by atoms with Gasteiger partial charge < -0.3 is 14.8 Å². The first kappa shape index (κ1) is 18.2. The van der Waals surface area contributed by atoms with Crippen molar-refractivity contribution in [3.63, 3.8) is 0 Å². The largest absolute Gasteiger partial charge is 0.471 e. The van der Waals surface area contributed by atoms with Crippen molar-refractivity contribution in [2.24, 2.45) is 5.16 Å². The number of amidine groups is 1. The Hall–Kier alpha value is -2.63. The second kappa shape index (κ2) is 8.65. The fourth-order valence-corrected chi connectivity index (χ4v) is 3.39. The number of aromatic nitrogens is 2. The normalized spacial score (nSPS) is 15.7. The lowest BCUT2D eigenvalue weighted by Gasteiger charge is -2.33. The van der Waals surface area contributed by atoms with Gasteiger partial charge in [0.05, 0.1) is 11.3 Å². The van der Waals surface area contributed by atoms with Crippen LogP contribution in [0.2, 0.25) is 0 Å². The van der Waals surface area contributed by atoms with Crippen LogP contribution in [-0.2, 0) is 6.61 Å².